The van der Waals surface area contributed by atoms with E-state index in [9.17, 15) is 19.3 Å². The van der Waals surface area contributed by atoms with E-state index >= 15 is 0 Å². The second kappa shape index (κ2) is 11.0. The minimum atomic E-state index is -3.73. The predicted octanol–water partition coefficient (Wildman–Crippen LogP) is 8.66. The topological polar surface area (TPSA) is 93.1 Å². The van der Waals surface area contributed by atoms with Crippen molar-refractivity contribution in [1.29, 1.82) is 0 Å². The summed E-state index contributed by atoms with van der Waals surface area (Å²) in [5.41, 5.74) is 5.92. The number of aliphatic hydroxyl groups is 2. The Morgan fingerprint density at radius 3 is 1.13 bits per heavy atom. The van der Waals surface area contributed by atoms with Crippen molar-refractivity contribution < 1.29 is 28.4 Å². The van der Waals surface area contributed by atoms with Crippen LogP contribution in [-0.4, -0.2) is 10.2 Å². The van der Waals surface area contributed by atoms with Crippen molar-refractivity contribution in [2.45, 2.75) is 11.7 Å². The summed E-state index contributed by atoms with van der Waals surface area (Å²) in [4.78, 5) is 0. The molecule has 2 heterocycles. The fourth-order valence-corrected chi connectivity index (χ4v) is 10.9. The Labute approximate surface area is 266 Å². The molecule has 0 aliphatic carbocycles. The van der Waals surface area contributed by atoms with Gasteiger partial charge in [0.25, 0.3) is 0 Å². The Morgan fingerprint density at radius 1 is 0.413 bits per heavy atom. The van der Waals surface area contributed by atoms with E-state index in [0.29, 0.717) is 33.2 Å². The molecule has 0 aromatic heterocycles. The van der Waals surface area contributed by atoms with Crippen molar-refractivity contribution in [3.05, 3.63) is 157 Å². The highest BCUT2D eigenvalue weighted by atomic mass is 31.2. The minimum absolute atomic E-state index is 0.472. The zero-order chi connectivity index (χ0) is 31.5. The van der Waals surface area contributed by atoms with Crippen LogP contribution in [-0.2, 0) is 9.13 Å². The third-order valence-corrected chi connectivity index (χ3v) is 13.6. The molecule has 0 saturated carbocycles. The zero-order valence-electron chi connectivity index (χ0n) is 24.4. The molecular weight excluding hydrogens is 614 g/mol. The molecule has 6 aromatic carbocycles. The number of rotatable bonds is 5. The number of benzene rings is 6. The first-order valence-electron chi connectivity index (χ1n) is 14.9. The molecule has 4 unspecified atom stereocenters. The van der Waals surface area contributed by atoms with Gasteiger partial charge in [0, 0.05) is 11.1 Å². The number of aliphatic hydroxyl groups excluding tert-OH is 2. The van der Waals surface area contributed by atoms with E-state index in [-0.39, 0.29) is 0 Å². The first kappa shape index (κ1) is 28.8. The van der Waals surface area contributed by atoms with Crippen molar-refractivity contribution in [2.75, 3.05) is 0 Å². The van der Waals surface area contributed by atoms with E-state index in [2.05, 4.69) is 0 Å². The molecule has 8 rings (SSSR count). The van der Waals surface area contributed by atoms with Gasteiger partial charge in [-0.25, -0.2) is 0 Å². The maximum Gasteiger partial charge on any atom is 0.310 e. The molecule has 46 heavy (non-hydrogen) atoms. The van der Waals surface area contributed by atoms with Gasteiger partial charge in [-0.3, -0.25) is 9.13 Å². The summed E-state index contributed by atoms with van der Waals surface area (Å²) in [6.07, 6.45) is 0. The van der Waals surface area contributed by atoms with Crippen molar-refractivity contribution in [2.24, 2.45) is 0 Å². The second-order valence-electron chi connectivity index (χ2n) is 11.4. The quantitative estimate of drug-likeness (QED) is 0.183. The number of fused-ring (bicyclic) bond motifs is 6. The van der Waals surface area contributed by atoms with E-state index in [1.165, 1.54) is 0 Å². The monoisotopic (exact) mass is 642 g/mol. The Bertz CT molecular complexity index is 2050. The standard InChI is InChI=1S/C38H28O6P2/c39-37(45(41)35-15-7-3-11-31(35)29-9-1-5-13-33(29)43-45)27-21-17-25(18-22-27)26-19-23-28(24-20-26)38(40)46(42)36-16-8-4-12-32(36)30-10-2-6-14-34(30)44-46/h1-24,37-40H. The van der Waals surface area contributed by atoms with Gasteiger partial charge < -0.3 is 19.3 Å². The first-order valence-corrected chi connectivity index (χ1v) is 18.3. The van der Waals surface area contributed by atoms with Crippen LogP contribution < -0.4 is 19.7 Å². The third kappa shape index (κ3) is 4.49. The summed E-state index contributed by atoms with van der Waals surface area (Å²) in [7, 11) is -7.46. The van der Waals surface area contributed by atoms with Crippen LogP contribution in [0.15, 0.2) is 146 Å². The van der Waals surface area contributed by atoms with Crippen molar-refractivity contribution in [3.63, 3.8) is 0 Å². The molecule has 4 atom stereocenters. The van der Waals surface area contributed by atoms with Gasteiger partial charge in [-0.2, -0.15) is 0 Å². The zero-order valence-corrected chi connectivity index (χ0v) is 26.2. The van der Waals surface area contributed by atoms with E-state index in [1.54, 1.807) is 60.7 Å². The lowest BCUT2D eigenvalue weighted by Gasteiger charge is -2.31. The van der Waals surface area contributed by atoms with Crippen LogP contribution in [0.1, 0.15) is 22.8 Å². The Kier molecular flexibility index (Phi) is 6.86. The molecule has 0 spiro atoms. The summed E-state index contributed by atoms with van der Waals surface area (Å²) in [5, 5.41) is 23.9. The summed E-state index contributed by atoms with van der Waals surface area (Å²) in [6, 6.07) is 43.9. The molecule has 226 valence electrons. The lowest BCUT2D eigenvalue weighted by atomic mass is 10.0. The minimum Gasteiger partial charge on any atom is -0.437 e. The molecule has 0 radical (unpaired) electrons. The number of hydrogen-bond acceptors (Lipinski definition) is 6. The first-order chi connectivity index (χ1) is 22.4. The lowest BCUT2D eigenvalue weighted by molar-refractivity contribution is 0.240. The molecule has 0 amide bonds. The Hall–Kier alpha value is -4.70. The van der Waals surface area contributed by atoms with Crippen LogP contribution in [0.4, 0.5) is 0 Å². The molecule has 2 N–H and O–H groups in total. The number of para-hydroxylation sites is 2. The van der Waals surface area contributed by atoms with Crippen molar-refractivity contribution in [3.8, 4) is 44.9 Å². The van der Waals surface area contributed by atoms with Gasteiger partial charge in [0.15, 0.2) is 11.7 Å². The average molecular weight is 643 g/mol. The van der Waals surface area contributed by atoms with Crippen LogP contribution in [0.3, 0.4) is 0 Å². The van der Waals surface area contributed by atoms with Crippen molar-refractivity contribution >= 4 is 25.3 Å². The molecule has 6 nitrogen and oxygen atoms in total. The second-order valence-corrected chi connectivity index (χ2v) is 16.1. The molecular formula is C38H28O6P2. The van der Waals surface area contributed by atoms with Gasteiger partial charge in [-0.05, 0) is 57.6 Å². The van der Waals surface area contributed by atoms with Crippen molar-refractivity contribution in [1.82, 2.24) is 0 Å². The molecule has 0 saturated heterocycles. The summed E-state index contributed by atoms with van der Waals surface area (Å²) >= 11 is 0. The Balaban J connectivity index is 1.06. The molecule has 2 aliphatic heterocycles. The van der Waals surface area contributed by atoms with Gasteiger partial charge in [0.2, 0.25) is 0 Å². The maximum atomic E-state index is 14.3. The summed E-state index contributed by atoms with van der Waals surface area (Å²) < 4.78 is 40.8. The highest BCUT2D eigenvalue weighted by Gasteiger charge is 2.44. The summed E-state index contributed by atoms with van der Waals surface area (Å²) in [6.45, 7) is 0. The Morgan fingerprint density at radius 2 is 0.739 bits per heavy atom. The average Bonchev–Trinajstić information content (AvgIpc) is 3.11. The maximum absolute atomic E-state index is 14.3. The third-order valence-electron chi connectivity index (χ3n) is 8.70. The van der Waals surface area contributed by atoms with Gasteiger partial charge in [0.1, 0.15) is 11.5 Å². The lowest BCUT2D eigenvalue weighted by Crippen LogP contribution is -2.22. The van der Waals surface area contributed by atoms with Crippen LogP contribution in [0.25, 0.3) is 33.4 Å². The van der Waals surface area contributed by atoms with Gasteiger partial charge in [0.05, 0.1) is 10.6 Å². The largest absolute Gasteiger partial charge is 0.437 e. The normalized spacial score (nSPS) is 20.5. The predicted molar refractivity (Wildman–Crippen MR) is 181 cm³/mol. The van der Waals surface area contributed by atoms with E-state index in [4.69, 9.17) is 9.05 Å². The highest BCUT2D eigenvalue weighted by molar-refractivity contribution is 7.68. The molecule has 6 aromatic rings. The molecule has 8 heteroatoms. The fourth-order valence-electron chi connectivity index (χ4n) is 6.33. The van der Waals surface area contributed by atoms with Gasteiger partial charge >= 0.3 is 14.7 Å². The number of hydrogen-bond donors (Lipinski definition) is 2. The van der Waals surface area contributed by atoms with E-state index in [0.717, 1.165) is 33.4 Å². The van der Waals surface area contributed by atoms with Crippen LogP contribution in [0.5, 0.6) is 11.5 Å². The van der Waals surface area contributed by atoms with Gasteiger partial charge in [-0.1, -0.05) is 121 Å². The molecule has 2 aliphatic rings. The van der Waals surface area contributed by atoms with Crippen LogP contribution in [0, 0.1) is 0 Å². The molecule has 0 fully saturated rings. The van der Waals surface area contributed by atoms with Gasteiger partial charge in [-0.15, -0.1) is 0 Å². The molecule has 0 bridgehead atoms. The van der Waals surface area contributed by atoms with Crippen LogP contribution >= 0.6 is 14.7 Å². The fraction of sp³-hybridized carbons (Fsp3) is 0.0526. The summed E-state index contributed by atoms with van der Waals surface area (Å²) in [5.74, 6) is -1.77. The smallest absolute Gasteiger partial charge is 0.310 e. The van der Waals surface area contributed by atoms with E-state index < -0.39 is 26.4 Å². The van der Waals surface area contributed by atoms with E-state index in [1.807, 2.05) is 84.9 Å². The SMILES string of the molecule is O=P1(C(O)c2ccc(-c3ccc(C(O)P4(=O)Oc5ccccc5-c5ccccc54)cc3)cc2)Oc2ccccc2-c2ccccc21. The highest BCUT2D eigenvalue weighted by Crippen LogP contribution is 2.63. The van der Waals surface area contributed by atoms with Crippen LogP contribution in [0.2, 0.25) is 0 Å².